The molecule has 0 aromatic carbocycles. The van der Waals surface area contributed by atoms with Gasteiger partial charge in [-0.25, -0.2) is 24.1 Å². The molecule has 0 unspecified atom stereocenters. The van der Waals surface area contributed by atoms with E-state index in [0.717, 1.165) is 12.8 Å². The smallest absolute Gasteiger partial charge is 0.488 e. The van der Waals surface area contributed by atoms with Crippen LogP contribution in [0.25, 0.3) is 11.4 Å². The van der Waals surface area contributed by atoms with Crippen molar-refractivity contribution in [3.8, 4) is 28.8 Å². The van der Waals surface area contributed by atoms with E-state index in [4.69, 9.17) is 19.4 Å². The molecule has 2 N–H and O–H groups in total. The zero-order valence-electron chi connectivity index (χ0n) is 20.7. The summed E-state index contributed by atoms with van der Waals surface area (Å²) in [5, 5.41) is 9.99. The zero-order chi connectivity index (χ0) is 28.4. The molecule has 208 valence electrons. The van der Waals surface area contributed by atoms with Crippen molar-refractivity contribution in [2.75, 3.05) is 6.61 Å². The van der Waals surface area contributed by atoms with Crippen molar-refractivity contribution in [2.24, 2.45) is 0 Å². The lowest BCUT2D eigenvalue weighted by Gasteiger charge is -2.25. The van der Waals surface area contributed by atoms with Gasteiger partial charge < -0.3 is 19.9 Å². The second-order valence-corrected chi connectivity index (χ2v) is 8.28. The second kappa shape index (κ2) is 13.4. The fourth-order valence-electron chi connectivity index (χ4n) is 3.55. The summed E-state index contributed by atoms with van der Waals surface area (Å²) < 4.78 is 56.7. The number of aliphatic carboxylic acids is 1. The van der Waals surface area contributed by atoms with E-state index < -0.39 is 18.3 Å². The number of hydrogen-bond donors (Lipinski definition) is 2. The van der Waals surface area contributed by atoms with Crippen LogP contribution in [0.5, 0.6) is 17.4 Å². The van der Waals surface area contributed by atoms with Gasteiger partial charge in [-0.3, -0.25) is 9.78 Å². The largest absolute Gasteiger partial charge is 0.490 e. The van der Waals surface area contributed by atoms with Gasteiger partial charge in [-0.1, -0.05) is 0 Å². The highest BCUT2D eigenvalue weighted by Crippen LogP contribution is 2.30. The number of alkyl halides is 4. The number of hydrogen-bond acceptors (Lipinski definition) is 8. The van der Waals surface area contributed by atoms with E-state index in [1.807, 2.05) is 6.92 Å². The Morgan fingerprint density at radius 3 is 2.49 bits per heavy atom. The second-order valence-electron chi connectivity index (χ2n) is 8.28. The van der Waals surface area contributed by atoms with E-state index in [1.54, 1.807) is 36.8 Å². The predicted octanol–water partition coefficient (Wildman–Crippen LogP) is 4.77. The minimum absolute atomic E-state index is 0.155. The number of nitrogens with one attached hydrogen (secondary N) is 1. The van der Waals surface area contributed by atoms with Crippen LogP contribution in [0.15, 0.2) is 49.2 Å². The molecule has 0 radical (unpaired) electrons. The number of ether oxygens (including phenoxy) is 2. The molecule has 4 rings (SSSR count). The van der Waals surface area contributed by atoms with E-state index in [1.165, 1.54) is 12.4 Å². The molecule has 0 spiro atoms. The zero-order valence-corrected chi connectivity index (χ0v) is 20.7. The maximum Gasteiger partial charge on any atom is 0.490 e. The van der Waals surface area contributed by atoms with Gasteiger partial charge in [0, 0.05) is 36.4 Å². The molecule has 1 saturated carbocycles. The van der Waals surface area contributed by atoms with E-state index >= 15 is 0 Å². The van der Waals surface area contributed by atoms with Gasteiger partial charge in [-0.15, -0.1) is 0 Å². The quantitative estimate of drug-likeness (QED) is 0.398. The maximum atomic E-state index is 13.6. The van der Waals surface area contributed by atoms with Crippen molar-refractivity contribution in [1.82, 2.24) is 25.3 Å². The maximum absolute atomic E-state index is 13.6. The summed E-state index contributed by atoms with van der Waals surface area (Å²) in [7, 11) is 0. The third-order valence-corrected chi connectivity index (χ3v) is 5.32. The molecule has 1 amide bonds. The minimum atomic E-state index is -5.08. The summed E-state index contributed by atoms with van der Waals surface area (Å²) >= 11 is 0. The number of rotatable bonds is 7. The van der Waals surface area contributed by atoms with Gasteiger partial charge in [0.25, 0.3) is 11.8 Å². The van der Waals surface area contributed by atoms with E-state index in [-0.39, 0.29) is 11.9 Å². The monoisotopic (exact) mass is 551 g/mol. The lowest BCUT2D eigenvalue weighted by molar-refractivity contribution is -0.192. The molecule has 1 aliphatic rings. The molecule has 1 fully saturated rings. The molecule has 0 saturated heterocycles. The third kappa shape index (κ3) is 8.86. The van der Waals surface area contributed by atoms with Gasteiger partial charge in [0.15, 0.2) is 11.6 Å². The third-order valence-electron chi connectivity index (χ3n) is 5.32. The summed E-state index contributed by atoms with van der Waals surface area (Å²) in [6.45, 7) is 2.37. The number of halogens is 4. The molecule has 14 heteroatoms. The first-order valence-electron chi connectivity index (χ1n) is 11.8. The summed E-state index contributed by atoms with van der Waals surface area (Å²) in [6.07, 6.45) is 4.21. The van der Waals surface area contributed by atoms with Crippen molar-refractivity contribution in [3.05, 3.63) is 54.7 Å². The van der Waals surface area contributed by atoms with Gasteiger partial charge in [-0.05, 0) is 50.8 Å². The normalized spacial score (nSPS) is 16.8. The van der Waals surface area contributed by atoms with Crippen molar-refractivity contribution in [3.63, 3.8) is 0 Å². The van der Waals surface area contributed by atoms with Gasteiger partial charge in [-0.2, -0.15) is 13.2 Å². The summed E-state index contributed by atoms with van der Waals surface area (Å²) in [6, 6.07) is 5.12. The molecule has 3 aromatic heterocycles. The number of pyridine rings is 2. The first kappa shape index (κ1) is 29.2. The Balaban J connectivity index is 0.000000532. The Bertz CT molecular complexity index is 1260. The van der Waals surface area contributed by atoms with E-state index in [9.17, 15) is 22.4 Å². The van der Waals surface area contributed by atoms with E-state index in [2.05, 4.69) is 25.3 Å². The fraction of sp³-hybridized carbons (Fsp3) is 0.360. The standard InChI is InChI=1S/C23H24FN5O3.C2HF3O2/c1-2-31-20-7-4-8-26-23(20)32-19-9-15(11-25-14-19)21-27-12-16(13-28-21)22(30)29-18-6-3-5-17(24)10-18;3-2(4,5)1(6)7/h4,7-9,11-14,17-18H,2-3,5-6,10H2,1H3,(H,29,30);(H,6,7)/t17-,18+;/m1./s1. The van der Waals surface area contributed by atoms with Crippen LogP contribution in [-0.4, -0.2) is 61.9 Å². The molecule has 0 bridgehead atoms. The van der Waals surface area contributed by atoms with Crippen LogP contribution >= 0.6 is 0 Å². The number of aromatic nitrogens is 4. The lowest BCUT2D eigenvalue weighted by atomic mass is 9.94. The number of carboxylic acid groups (broad SMARTS) is 1. The van der Waals surface area contributed by atoms with Crippen LogP contribution in [-0.2, 0) is 4.79 Å². The molecule has 1 aliphatic carbocycles. The van der Waals surface area contributed by atoms with Crippen molar-refractivity contribution < 1.29 is 41.7 Å². The Morgan fingerprint density at radius 1 is 1.13 bits per heavy atom. The SMILES string of the molecule is CCOc1cccnc1Oc1cncc(-c2ncc(C(=O)N[C@H]3CCC[C@@H](F)C3)cn2)c1.O=C(O)C(F)(F)F. The summed E-state index contributed by atoms with van der Waals surface area (Å²) in [5.41, 5.74) is 0.945. The van der Waals surface area contributed by atoms with Crippen LogP contribution in [0.3, 0.4) is 0 Å². The highest BCUT2D eigenvalue weighted by atomic mass is 19.4. The number of amides is 1. The van der Waals surface area contributed by atoms with Crippen molar-refractivity contribution in [2.45, 2.75) is 51.0 Å². The highest BCUT2D eigenvalue weighted by Gasteiger charge is 2.38. The topological polar surface area (TPSA) is 136 Å². The molecule has 3 heterocycles. The average Bonchev–Trinajstić information content (AvgIpc) is 2.90. The average molecular weight is 551 g/mol. The van der Waals surface area contributed by atoms with Gasteiger partial charge >= 0.3 is 12.1 Å². The van der Waals surface area contributed by atoms with Gasteiger partial charge in [0.1, 0.15) is 11.9 Å². The minimum Gasteiger partial charge on any atom is -0.488 e. The molecule has 3 aromatic rings. The van der Waals surface area contributed by atoms with Crippen LogP contribution in [0, 0.1) is 0 Å². The Kier molecular flexibility index (Phi) is 10.1. The Hall–Kier alpha value is -4.36. The van der Waals surface area contributed by atoms with Gasteiger partial charge in [0.2, 0.25) is 0 Å². The van der Waals surface area contributed by atoms with Crippen molar-refractivity contribution >= 4 is 11.9 Å². The molecule has 0 aliphatic heterocycles. The number of nitrogens with zero attached hydrogens (tertiary/aromatic N) is 4. The molecule has 2 atom stereocenters. The first-order valence-corrected chi connectivity index (χ1v) is 11.8. The lowest BCUT2D eigenvalue weighted by Crippen LogP contribution is -2.39. The molecular formula is C25H25F4N5O5. The fourth-order valence-corrected chi connectivity index (χ4v) is 3.55. The predicted molar refractivity (Wildman–Crippen MR) is 129 cm³/mol. The molecule has 10 nitrogen and oxygen atoms in total. The number of carbonyl (C=O) groups excluding carboxylic acids is 1. The summed E-state index contributed by atoms with van der Waals surface area (Å²) in [4.78, 5) is 38.3. The molecule has 39 heavy (non-hydrogen) atoms. The Labute approximate surface area is 220 Å². The van der Waals surface area contributed by atoms with Crippen LogP contribution < -0.4 is 14.8 Å². The van der Waals surface area contributed by atoms with E-state index in [0.29, 0.717) is 53.8 Å². The van der Waals surface area contributed by atoms with Crippen molar-refractivity contribution in [1.29, 1.82) is 0 Å². The molecular weight excluding hydrogens is 526 g/mol. The van der Waals surface area contributed by atoms with Crippen LogP contribution in [0.4, 0.5) is 17.6 Å². The number of carboxylic acids is 1. The van der Waals surface area contributed by atoms with Gasteiger partial charge in [0.05, 0.1) is 18.4 Å². The first-order chi connectivity index (χ1) is 18.6. The number of carbonyl (C=O) groups is 2. The highest BCUT2D eigenvalue weighted by molar-refractivity contribution is 5.93. The van der Waals surface area contributed by atoms with Crippen LogP contribution in [0.2, 0.25) is 0 Å². The summed E-state index contributed by atoms with van der Waals surface area (Å²) in [5.74, 6) is -1.35. The Morgan fingerprint density at radius 2 is 1.85 bits per heavy atom. The van der Waals surface area contributed by atoms with Crippen LogP contribution in [0.1, 0.15) is 43.0 Å².